The maximum absolute atomic E-state index is 13.2. The molecular weight excluding hydrogens is 295 g/mol. The van der Waals surface area contributed by atoms with Crippen LogP contribution >= 0.6 is 11.6 Å². The number of nitrogens with two attached hydrogens (primary N) is 1. The second-order valence-corrected chi connectivity index (χ2v) is 4.08. The molecule has 0 aliphatic rings. The number of anilines is 1. The van der Waals surface area contributed by atoms with Crippen molar-refractivity contribution < 1.29 is 4.39 Å². The Morgan fingerprint density at radius 1 is 1.38 bits per heavy atom. The van der Waals surface area contributed by atoms with E-state index >= 15 is 0 Å². The fourth-order valence-electron chi connectivity index (χ4n) is 1.52. The van der Waals surface area contributed by atoms with Crippen molar-refractivity contribution in [3.05, 3.63) is 46.2 Å². The Hall–Kier alpha value is -2.78. The van der Waals surface area contributed by atoms with Gasteiger partial charge in [0, 0.05) is 5.56 Å². The molecule has 2 rings (SSSR count). The van der Waals surface area contributed by atoms with E-state index in [0.717, 1.165) is 0 Å². The fourth-order valence-corrected chi connectivity index (χ4v) is 1.70. The standard InChI is InChI=1S/C13H6ClFN5.H3N/c14-10-11(8(5-16)6-17)19-13(20-12(10)18)7-2-1-3-9(15)4-7;/h1-4H,(H2,18,19,20);1H3/q-1;/p+1. The molecule has 8 heteroatoms. The van der Waals surface area contributed by atoms with Crippen LogP contribution in [0.25, 0.3) is 22.4 Å². The first-order chi connectivity index (χ1) is 9.56. The molecule has 0 aliphatic heterocycles. The molecule has 0 fully saturated rings. The highest BCUT2D eigenvalue weighted by atomic mass is 35.5. The van der Waals surface area contributed by atoms with E-state index in [4.69, 9.17) is 28.0 Å². The van der Waals surface area contributed by atoms with Crippen molar-refractivity contribution >= 4 is 28.9 Å². The average molecular weight is 305 g/mol. The van der Waals surface area contributed by atoms with Gasteiger partial charge in [0.1, 0.15) is 28.4 Å². The summed E-state index contributed by atoms with van der Waals surface area (Å²) in [5, 5.41) is 17.7. The van der Waals surface area contributed by atoms with Crippen LogP contribution in [-0.2, 0) is 0 Å². The number of nitrogen functional groups attached to an aromatic ring is 1. The molecule has 6 nitrogen and oxygen atoms in total. The van der Waals surface area contributed by atoms with Gasteiger partial charge < -0.3 is 17.3 Å². The maximum Gasteiger partial charge on any atom is 0.162 e. The van der Waals surface area contributed by atoms with Gasteiger partial charge in [0.15, 0.2) is 5.82 Å². The lowest BCUT2D eigenvalue weighted by Gasteiger charge is -2.07. The molecule has 0 saturated heterocycles. The number of rotatable bonds is 2. The molecule has 0 unspecified atom stereocenters. The summed E-state index contributed by atoms with van der Waals surface area (Å²) >= 11 is 5.89. The quantitative estimate of drug-likeness (QED) is 0.651. The number of hydrogen-bond acceptors (Lipinski definition) is 4. The number of aromatic nitrogens is 2. The van der Waals surface area contributed by atoms with Gasteiger partial charge in [0.25, 0.3) is 0 Å². The summed E-state index contributed by atoms with van der Waals surface area (Å²) in [5.74, 6) is 1.21. The number of benzene rings is 1. The highest BCUT2D eigenvalue weighted by molar-refractivity contribution is 6.35. The molecule has 0 bridgehead atoms. The normalized spacial score (nSPS) is 9.19. The van der Waals surface area contributed by atoms with Gasteiger partial charge in [-0.05, 0) is 12.1 Å². The largest absolute Gasteiger partial charge is 0.762 e. The Morgan fingerprint density at radius 3 is 2.67 bits per heavy atom. The number of nitrogens with zero attached hydrogens (tertiary/aromatic N) is 4. The minimum atomic E-state index is -0.467. The van der Waals surface area contributed by atoms with Gasteiger partial charge in [-0.25, -0.2) is 20.2 Å². The second kappa shape index (κ2) is 6.59. The first-order valence-corrected chi connectivity index (χ1v) is 5.71. The zero-order chi connectivity index (χ0) is 14.7. The highest BCUT2D eigenvalue weighted by Crippen LogP contribution is 2.28. The van der Waals surface area contributed by atoms with Crippen molar-refractivity contribution in [3.63, 3.8) is 0 Å². The number of nitriles is 1. The molecule has 0 amide bonds. The average Bonchev–Trinajstić information content (AvgIpc) is 2.44. The van der Waals surface area contributed by atoms with Crippen LogP contribution in [0, 0.1) is 17.1 Å². The first-order valence-electron chi connectivity index (χ1n) is 5.33. The van der Waals surface area contributed by atoms with E-state index in [1.54, 1.807) is 18.0 Å². The van der Waals surface area contributed by atoms with Crippen LogP contribution in [-0.4, -0.2) is 15.8 Å². The van der Waals surface area contributed by atoms with Crippen LogP contribution in [0.4, 0.5) is 10.2 Å². The summed E-state index contributed by atoms with van der Waals surface area (Å²) in [6.45, 7) is 0. The monoisotopic (exact) mass is 304 g/mol. The Morgan fingerprint density at radius 2 is 2.10 bits per heavy atom. The molecule has 0 saturated carbocycles. The van der Waals surface area contributed by atoms with E-state index in [1.807, 2.05) is 0 Å². The summed E-state index contributed by atoms with van der Waals surface area (Å²) < 4.78 is 13.2. The number of hydrogen-bond donors (Lipinski definition) is 2. The van der Waals surface area contributed by atoms with Crippen molar-refractivity contribution in [2.75, 3.05) is 5.73 Å². The third kappa shape index (κ3) is 3.22. The molecule has 1 aromatic carbocycles. The van der Waals surface area contributed by atoms with Crippen LogP contribution in [0.3, 0.4) is 0 Å². The molecule has 0 aliphatic carbocycles. The molecule has 1 heterocycles. The van der Waals surface area contributed by atoms with Crippen LogP contribution < -0.4 is 11.9 Å². The van der Waals surface area contributed by atoms with Crippen molar-refractivity contribution in [2.24, 2.45) is 0 Å². The van der Waals surface area contributed by atoms with Crippen molar-refractivity contribution in [2.45, 2.75) is 0 Å². The zero-order valence-electron chi connectivity index (χ0n) is 10.9. The molecule has 106 valence electrons. The molecule has 6 N–H and O–H groups in total. The van der Waals surface area contributed by atoms with Crippen molar-refractivity contribution in [3.8, 4) is 17.5 Å². The minimum Gasteiger partial charge on any atom is -0.762 e. The first kappa shape index (κ1) is 16.3. The lowest BCUT2D eigenvalue weighted by Crippen LogP contribution is -2.02. The van der Waals surface area contributed by atoms with Gasteiger partial charge in [-0.15, -0.1) is 0 Å². The molecule has 0 radical (unpaired) electrons. The van der Waals surface area contributed by atoms with Crippen molar-refractivity contribution in [1.82, 2.24) is 16.1 Å². The van der Waals surface area contributed by atoms with E-state index < -0.39 is 5.82 Å². The molecule has 0 spiro atoms. The van der Waals surface area contributed by atoms with E-state index in [9.17, 15) is 4.39 Å². The number of halogens is 2. The van der Waals surface area contributed by atoms with E-state index in [0.29, 0.717) is 5.56 Å². The smallest absolute Gasteiger partial charge is 0.162 e. The van der Waals surface area contributed by atoms with Gasteiger partial charge in [0.2, 0.25) is 0 Å². The Kier molecular flexibility index (Phi) is 5.11. The van der Waals surface area contributed by atoms with Crippen LogP contribution in [0.1, 0.15) is 5.69 Å². The summed E-state index contributed by atoms with van der Waals surface area (Å²) in [5.41, 5.74) is 5.64. The molecule has 1 aromatic heterocycles. The third-order valence-corrected chi connectivity index (χ3v) is 2.79. The maximum atomic E-state index is 13.2. The topological polar surface area (TPSA) is 134 Å². The summed E-state index contributed by atoms with van der Waals surface area (Å²) in [7, 11) is 0. The highest BCUT2D eigenvalue weighted by Gasteiger charge is 2.14. The number of quaternary nitrogens is 1. The molecule has 0 atom stereocenters. The van der Waals surface area contributed by atoms with E-state index in [2.05, 4.69) is 9.97 Å². The Labute approximate surface area is 124 Å². The third-order valence-electron chi connectivity index (χ3n) is 2.42. The zero-order valence-corrected chi connectivity index (χ0v) is 11.7. The van der Waals surface area contributed by atoms with Crippen LogP contribution in [0.5, 0.6) is 0 Å². The fraction of sp³-hybridized carbons (Fsp3) is 0. The molecular formula is C13H10ClFN6. The van der Waals surface area contributed by atoms with Gasteiger partial charge in [-0.3, -0.25) is 0 Å². The van der Waals surface area contributed by atoms with Crippen LogP contribution in [0.15, 0.2) is 24.3 Å². The minimum absolute atomic E-state index is 0. The van der Waals surface area contributed by atoms with Crippen molar-refractivity contribution in [1.29, 1.82) is 5.26 Å². The molecule has 21 heavy (non-hydrogen) atoms. The van der Waals surface area contributed by atoms with Gasteiger partial charge in [-0.1, -0.05) is 23.7 Å². The van der Waals surface area contributed by atoms with Gasteiger partial charge >= 0.3 is 0 Å². The Bertz CT molecular complexity index is 777. The summed E-state index contributed by atoms with van der Waals surface area (Å²) in [6, 6.07) is 7.22. The molecule has 2 aromatic rings. The lowest BCUT2D eigenvalue weighted by molar-refractivity contribution is 0.628. The summed E-state index contributed by atoms with van der Waals surface area (Å²) in [4.78, 5) is 7.95. The second-order valence-electron chi connectivity index (χ2n) is 3.70. The predicted octanol–water partition coefficient (Wildman–Crippen LogP) is 3.04. The predicted molar refractivity (Wildman–Crippen MR) is 80.2 cm³/mol. The lowest BCUT2D eigenvalue weighted by atomic mass is 10.1. The Balaban J connectivity index is 0.00000220. The SMILES string of the molecule is N#CC(=C=[N-])c1nc(-c2cccc(F)c2)nc(N)c1Cl.[NH4+]. The van der Waals surface area contributed by atoms with E-state index in [1.165, 1.54) is 18.2 Å². The van der Waals surface area contributed by atoms with E-state index in [-0.39, 0.29) is 34.1 Å². The van der Waals surface area contributed by atoms with Crippen LogP contribution in [0.2, 0.25) is 5.02 Å². The number of allylic oxidation sites excluding steroid dienone is 1. The summed E-state index contributed by atoms with van der Waals surface area (Å²) in [6.07, 6.45) is 0. The van der Waals surface area contributed by atoms with Gasteiger partial charge in [-0.2, -0.15) is 5.26 Å². The van der Waals surface area contributed by atoms with Gasteiger partial charge in [0.05, 0.1) is 5.57 Å².